The molecule has 0 radical (unpaired) electrons. The molecule has 0 spiro atoms. The number of benzene rings is 2. The van der Waals surface area contributed by atoms with Crippen LogP contribution in [0.2, 0.25) is 0 Å². The third-order valence-corrected chi connectivity index (χ3v) is 4.45. The van der Waals surface area contributed by atoms with E-state index in [1.54, 1.807) is 0 Å². The molecule has 2 aromatic carbocycles. The van der Waals surface area contributed by atoms with Crippen LogP contribution in [0.3, 0.4) is 0 Å². The van der Waals surface area contributed by atoms with Crippen LogP contribution in [0.5, 0.6) is 11.5 Å². The Bertz CT molecular complexity index is 660. The predicted octanol–water partition coefficient (Wildman–Crippen LogP) is 4.30. The second-order valence-corrected chi connectivity index (χ2v) is 6.87. The molecule has 0 saturated carbocycles. The van der Waals surface area contributed by atoms with Crippen molar-refractivity contribution < 1.29 is 22.4 Å². The fourth-order valence-corrected chi connectivity index (χ4v) is 3.25. The number of rotatable bonds is 6. The van der Waals surface area contributed by atoms with E-state index in [1.807, 2.05) is 0 Å². The summed E-state index contributed by atoms with van der Waals surface area (Å²) in [6.07, 6.45) is 5.15. The van der Waals surface area contributed by atoms with Crippen molar-refractivity contribution in [2.24, 2.45) is 0 Å². The average Bonchev–Trinajstić information content (AvgIpc) is 2.50. The Morgan fingerprint density at radius 2 is 1.32 bits per heavy atom. The maximum absolute atomic E-state index is 12.9. The fourth-order valence-electron chi connectivity index (χ4n) is 1.44. The fraction of sp³-hybridized carbons (Fsp3) is 0.0667. The summed E-state index contributed by atoms with van der Waals surface area (Å²) in [4.78, 5) is 0. The highest BCUT2D eigenvalue weighted by molar-refractivity contribution is 8.07. The van der Waals surface area contributed by atoms with E-state index in [2.05, 4.69) is 5.92 Å². The minimum Gasteiger partial charge on any atom is -0.416 e. The number of hydrogen-bond acceptors (Lipinski definition) is 4. The first-order valence-electron chi connectivity index (χ1n) is 6.09. The number of terminal acetylenes is 1. The predicted molar refractivity (Wildman–Crippen MR) is 83.1 cm³/mol. The molecular formula is C15H11F2O3PS. The lowest BCUT2D eigenvalue weighted by Crippen LogP contribution is -2.05. The monoisotopic (exact) mass is 340 g/mol. The van der Waals surface area contributed by atoms with Crippen LogP contribution in [-0.2, 0) is 16.3 Å². The van der Waals surface area contributed by atoms with E-state index in [-0.39, 0.29) is 18.1 Å². The SMILES string of the molecule is C#CCOP(=S)(Oc1ccc(F)cc1)Oc1ccc(F)cc1. The summed E-state index contributed by atoms with van der Waals surface area (Å²) in [5, 5.41) is 0. The Morgan fingerprint density at radius 3 is 1.68 bits per heavy atom. The van der Waals surface area contributed by atoms with Crippen molar-refractivity contribution in [2.75, 3.05) is 6.61 Å². The van der Waals surface area contributed by atoms with Gasteiger partial charge in [-0.05, 0) is 48.5 Å². The molecule has 0 fully saturated rings. The van der Waals surface area contributed by atoms with Gasteiger partial charge in [0.05, 0.1) is 0 Å². The quantitative estimate of drug-likeness (QED) is 0.579. The molecule has 2 rings (SSSR count). The first-order chi connectivity index (χ1) is 10.5. The molecule has 114 valence electrons. The number of halogens is 2. The van der Waals surface area contributed by atoms with Crippen molar-refractivity contribution >= 4 is 18.5 Å². The summed E-state index contributed by atoms with van der Waals surface area (Å²) in [6, 6.07) is 10.4. The van der Waals surface area contributed by atoms with E-state index in [0.717, 1.165) is 0 Å². The Balaban J connectivity index is 2.19. The lowest BCUT2D eigenvalue weighted by molar-refractivity contribution is 0.294. The topological polar surface area (TPSA) is 27.7 Å². The van der Waals surface area contributed by atoms with Crippen LogP contribution in [0.4, 0.5) is 8.78 Å². The van der Waals surface area contributed by atoms with E-state index in [4.69, 9.17) is 31.8 Å². The zero-order valence-electron chi connectivity index (χ0n) is 11.2. The Morgan fingerprint density at radius 1 is 0.909 bits per heavy atom. The van der Waals surface area contributed by atoms with Gasteiger partial charge in [0, 0.05) is 11.8 Å². The Kier molecular flexibility index (Phi) is 5.51. The molecule has 0 aliphatic carbocycles. The molecule has 2 aromatic rings. The van der Waals surface area contributed by atoms with Gasteiger partial charge in [-0.25, -0.2) is 8.78 Å². The van der Waals surface area contributed by atoms with Crippen molar-refractivity contribution in [3.05, 3.63) is 60.2 Å². The Hall–Kier alpha value is -1.93. The highest BCUT2D eigenvalue weighted by Crippen LogP contribution is 2.49. The first-order valence-corrected chi connectivity index (χ1v) is 8.65. The lowest BCUT2D eigenvalue weighted by atomic mass is 10.3. The van der Waals surface area contributed by atoms with Gasteiger partial charge in [0.15, 0.2) is 0 Å². The first kappa shape index (κ1) is 16.4. The van der Waals surface area contributed by atoms with Crippen molar-refractivity contribution in [3.63, 3.8) is 0 Å². The zero-order valence-corrected chi connectivity index (χ0v) is 13.0. The van der Waals surface area contributed by atoms with E-state index in [1.165, 1.54) is 48.5 Å². The van der Waals surface area contributed by atoms with Gasteiger partial charge in [-0.2, -0.15) is 0 Å². The van der Waals surface area contributed by atoms with Crippen molar-refractivity contribution in [1.82, 2.24) is 0 Å². The highest BCUT2D eigenvalue weighted by Gasteiger charge is 2.24. The molecule has 0 unspecified atom stereocenters. The minimum absolute atomic E-state index is 0.111. The summed E-state index contributed by atoms with van der Waals surface area (Å²) in [6.45, 7) is -3.38. The van der Waals surface area contributed by atoms with Crippen LogP contribution in [-0.4, -0.2) is 6.61 Å². The van der Waals surface area contributed by atoms with E-state index in [9.17, 15) is 8.78 Å². The third kappa shape index (κ3) is 4.81. The summed E-state index contributed by atoms with van der Waals surface area (Å²) in [5.74, 6) is 2.01. The van der Waals surface area contributed by atoms with Crippen LogP contribution in [0, 0.1) is 24.0 Å². The van der Waals surface area contributed by atoms with Gasteiger partial charge in [0.2, 0.25) is 0 Å². The van der Waals surface area contributed by atoms with Crippen molar-refractivity contribution in [1.29, 1.82) is 0 Å². The average molecular weight is 340 g/mol. The third-order valence-electron chi connectivity index (χ3n) is 2.37. The molecule has 0 aromatic heterocycles. The molecule has 0 aliphatic heterocycles. The van der Waals surface area contributed by atoms with Crippen LogP contribution < -0.4 is 9.05 Å². The van der Waals surface area contributed by atoms with Gasteiger partial charge in [0.25, 0.3) is 0 Å². The van der Waals surface area contributed by atoms with Crippen LogP contribution >= 0.6 is 6.72 Å². The van der Waals surface area contributed by atoms with Gasteiger partial charge in [0.1, 0.15) is 29.7 Å². The van der Waals surface area contributed by atoms with E-state index in [0.29, 0.717) is 0 Å². The van der Waals surface area contributed by atoms with E-state index >= 15 is 0 Å². The molecular weight excluding hydrogens is 329 g/mol. The maximum Gasteiger partial charge on any atom is 0.435 e. The molecule has 0 atom stereocenters. The summed E-state index contributed by atoms with van der Waals surface area (Å²) < 4.78 is 42.2. The second kappa shape index (κ2) is 7.37. The second-order valence-electron chi connectivity index (χ2n) is 4.02. The largest absolute Gasteiger partial charge is 0.435 e. The maximum atomic E-state index is 12.9. The molecule has 0 N–H and O–H groups in total. The van der Waals surface area contributed by atoms with Crippen LogP contribution in [0.25, 0.3) is 0 Å². The van der Waals surface area contributed by atoms with Gasteiger partial charge < -0.3 is 9.05 Å². The van der Waals surface area contributed by atoms with Gasteiger partial charge >= 0.3 is 6.72 Å². The smallest absolute Gasteiger partial charge is 0.416 e. The van der Waals surface area contributed by atoms with Crippen molar-refractivity contribution in [3.8, 4) is 23.8 Å². The number of hydrogen-bond donors (Lipinski definition) is 0. The van der Waals surface area contributed by atoms with Crippen molar-refractivity contribution in [2.45, 2.75) is 0 Å². The van der Waals surface area contributed by atoms with E-state index < -0.39 is 18.4 Å². The lowest BCUT2D eigenvalue weighted by Gasteiger charge is -2.22. The molecule has 0 saturated heterocycles. The summed E-state index contributed by atoms with van der Waals surface area (Å²) in [5.41, 5.74) is 0. The van der Waals surface area contributed by atoms with Crippen LogP contribution in [0.1, 0.15) is 0 Å². The molecule has 0 heterocycles. The summed E-state index contributed by atoms with van der Waals surface area (Å²) >= 11 is 5.26. The zero-order chi connectivity index (χ0) is 16.0. The van der Waals surface area contributed by atoms with Gasteiger partial charge in [-0.3, -0.25) is 4.52 Å². The minimum atomic E-state index is -3.26. The highest BCUT2D eigenvalue weighted by atomic mass is 32.5. The van der Waals surface area contributed by atoms with Gasteiger partial charge in [-0.1, -0.05) is 5.92 Å². The molecule has 7 heteroatoms. The van der Waals surface area contributed by atoms with Crippen LogP contribution in [0.15, 0.2) is 48.5 Å². The summed E-state index contributed by atoms with van der Waals surface area (Å²) in [7, 11) is 0. The molecule has 0 aliphatic rings. The molecule has 0 amide bonds. The molecule has 0 bridgehead atoms. The van der Waals surface area contributed by atoms with Gasteiger partial charge in [-0.15, -0.1) is 6.42 Å². The Labute approximate surface area is 132 Å². The normalized spacial score (nSPS) is 10.8. The standard InChI is InChI=1S/C15H11F2O3PS/c1-2-11-18-21(22,19-14-7-3-12(16)4-8-14)20-15-9-5-13(17)6-10-15/h1,3-10H,11H2. The molecule has 22 heavy (non-hydrogen) atoms. The molecule has 3 nitrogen and oxygen atoms in total.